The van der Waals surface area contributed by atoms with E-state index in [4.69, 9.17) is 5.73 Å². The smallest absolute Gasteiger partial charge is 0.326 e. The molecule has 4 atom stereocenters. The molecule has 38 heavy (non-hydrogen) atoms. The number of hydrogen-bond donors (Lipinski definition) is 6. The SMILES string of the molecule is NCCCCC(NC(=O)C(Cc1c[nH]c2ccccc12)NC(=O)C1CCCN1C(=O)C1CCCN1)C(=O)O. The number of carbonyl (C=O) groups is 4. The number of nitrogens with two attached hydrogens (primary N) is 1. The Morgan fingerprint density at radius 3 is 2.63 bits per heavy atom. The number of para-hydroxylation sites is 1. The van der Waals surface area contributed by atoms with Crippen LogP contribution in [0, 0.1) is 0 Å². The zero-order valence-corrected chi connectivity index (χ0v) is 21.6. The molecule has 2 aromatic rings. The number of amides is 3. The largest absolute Gasteiger partial charge is 0.480 e. The minimum absolute atomic E-state index is 0.0800. The first-order valence-corrected chi connectivity index (χ1v) is 13.5. The fraction of sp³-hybridized carbons (Fsp3) is 0.556. The van der Waals surface area contributed by atoms with E-state index in [0.717, 1.165) is 35.9 Å². The van der Waals surface area contributed by atoms with E-state index >= 15 is 0 Å². The van der Waals surface area contributed by atoms with Crippen molar-refractivity contribution in [3.63, 3.8) is 0 Å². The highest BCUT2D eigenvalue weighted by atomic mass is 16.4. The molecule has 3 amide bonds. The number of carboxylic acids is 1. The fourth-order valence-corrected chi connectivity index (χ4v) is 5.42. The van der Waals surface area contributed by atoms with E-state index in [-0.39, 0.29) is 24.8 Å². The summed E-state index contributed by atoms with van der Waals surface area (Å²) in [5.41, 5.74) is 7.25. The number of carbonyl (C=O) groups excluding carboxylic acids is 3. The first-order valence-electron chi connectivity index (χ1n) is 13.5. The summed E-state index contributed by atoms with van der Waals surface area (Å²) in [7, 11) is 0. The third-order valence-corrected chi connectivity index (χ3v) is 7.49. The fourth-order valence-electron chi connectivity index (χ4n) is 5.42. The number of nitrogens with zero attached hydrogens (tertiary/aromatic N) is 1. The monoisotopic (exact) mass is 526 g/mol. The zero-order chi connectivity index (χ0) is 27.1. The van der Waals surface area contributed by atoms with Crippen LogP contribution in [0.2, 0.25) is 0 Å². The van der Waals surface area contributed by atoms with Crippen molar-refractivity contribution in [3.8, 4) is 0 Å². The van der Waals surface area contributed by atoms with E-state index in [1.165, 1.54) is 0 Å². The van der Waals surface area contributed by atoms with Gasteiger partial charge in [-0.15, -0.1) is 0 Å². The molecule has 0 radical (unpaired) electrons. The Kier molecular flexibility index (Phi) is 9.35. The highest BCUT2D eigenvalue weighted by molar-refractivity contribution is 5.95. The van der Waals surface area contributed by atoms with Crippen molar-refractivity contribution in [2.24, 2.45) is 5.73 Å². The van der Waals surface area contributed by atoms with Gasteiger partial charge < -0.3 is 36.7 Å². The summed E-state index contributed by atoms with van der Waals surface area (Å²) < 4.78 is 0. The highest BCUT2D eigenvalue weighted by Crippen LogP contribution is 2.22. The van der Waals surface area contributed by atoms with Crippen LogP contribution in [0.15, 0.2) is 30.5 Å². The number of aromatic amines is 1. The van der Waals surface area contributed by atoms with Crippen LogP contribution >= 0.6 is 0 Å². The molecule has 4 unspecified atom stereocenters. The molecule has 0 saturated carbocycles. The summed E-state index contributed by atoms with van der Waals surface area (Å²) in [5, 5.41) is 19.3. The van der Waals surface area contributed by atoms with Crippen LogP contribution in [0.5, 0.6) is 0 Å². The Balaban J connectivity index is 1.51. The van der Waals surface area contributed by atoms with Gasteiger partial charge in [-0.05, 0) is 69.7 Å². The van der Waals surface area contributed by atoms with Crippen molar-refractivity contribution in [2.45, 2.75) is 75.5 Å². The maximum absolute atomic E-state index is 13.5. The van der Waals surface area contributed by atoms with Gasteiger partial charge in [0.1, 0.15) is 18.1 Å². The molecule has 1 aromatic carbocycles. The number of hydrogen-bond acceptors (Lipinski definition) is 6. The number of nitrogens with one attached hydrogen (secondary N) is 4. The summed E-state index contributed by atoms with van der Waals surface area (Å²) in [6.45, 7) is 1.72. The molecule has 3 heterocycles. The highest BCUT2D eigenvalue weighted by Gasteiger charge is 2.39. The average Bonchev–Trinajstić information content (AvgIpc) is 3.69. The predicted molar refractivity (Wildman–Crippen MR) is 142 cm³/mol. The quantitative estimate of drug-likeness (QED) is 0.220. The first-order chi connectivity index (χ1) is 18.4. The number of likely N-dealkylation sites (tertiary alicyclic amines) is 1. The maximum Gasteiger partial charge on any atom is 0.326 e. The van der Waals surface area contributed by atoms with Gasteiger partial charge in [0, 0.05) is 30.1 Å². The number of aromatic nitrogens is 1. The van der Waals surface area contributed by atoms with Gasteiger partial charge in [0.05, 0.1) is 6.04 Å². The molecule has 11 heteroatoms. The number of aliphatic carboxylic acids is 1. The van der Waals surface area contributed by atoms with Gasteiger partial charge in [-0.3, -0.25) is 14.4 Å². The Hall–Kier alpha value is -3.44. The lowest BCUT2D eigenvalue weighted by Gasteiger charge is -2.28. The number of H-pyrrole nitrogens is 1. The molecule has 2 saturated heterocycles. The number of carboxylic acid groups (broad SMARTS) is 1. The van der Waals surface area contributed by atoms with Crippen molar-refractivity contribution < 1.29 is 24.3 Å². The molecule has 0 aliphatic carbocycles. The summed E-state index contributed by atoms with van der Waals surface area (Å²) >= 11 is 0. The molecule has 4 rings (SSSR count). The molecule has 2 aliphatic heterocycles. The van der Waals surface area contributed by atoms with Gasteiger partial charge in [-0.1, -0.05) is 18.2 Å². The molecule has 11 nitrogen and oxygen atoms in total. The summed E-state index contributed by atoms with van der Waals surface area (Å²) in [5.74, 6) is -2.19. The molecule has 7 N–H and O–H groups in total. The number of unbranched alkanes of at least 4 members (excludes halogenated alkanes) is 1. The molecule has 1 aromatic heterocycles. The summed E-state index contributed by atoms with van der Waals surface area (Å²) in [4.78, 5) is 56.6. The number of rotatable bonds is 12. The van der Waals surface area contributed by atoms with Crippen LogP contribution in [-0.4, -0.2) is 82.5 Å². The van der Waals surface area contributed by atoms with Crippen molar-refractivity contribution in [1.29, 1.82) is 0 Å². The maximum atomic E-state index is 13.5. The van der Waals surface area contributed by atoms with Gasteiger partial charge in [-0.2, -0.15) is 0 Å². The van der Waals surface area contributed by atoms with Crippen molar-refractivity contribution in [1.82, 2.24) is 25.8 Å². The van der Waals surface area contributed by atoms with Crippen LogP contribution in [0.25, 0.3) is 10.9 Å². The zero-order valence-electron chi connectivity index (χ0n) is 21.6. The standard InChI is InChI=1S/C27H38N6O5/c28-12-4-3-9-21(27(37)38)31-24(34)22(15-17-16-30-19-8-2-1-7-18(17)19)32-25(35)23-11-6-14-33(23)26(36)20-10-5-13-29-20/h1-2,7-8,16,20-23,29-30H,3-6,9-15,28H2,(H,31,34)(H,32,35)(H,37,38). The van der Waals surface area contributed by atoms with E-state index in [1.54, 1.807) is 11.1 Å². The van der Waals surface area contributed by atoms with Crippen LogP contribution in [0.3, 0.4) is 0 Å². The Morgan fingerprint density at radius 1 is 1.08 bits per heavy atom. The van der Waals surface area contributed by atoms with Crippen LogP contribution in [0.4, 0.5) is 0 Å². The van der Waals surface area contributed by atoms with Gasteiger partial charge >= 0.3 is 5.97 Å². The number of benzene rings is 1. The van der Waals surface area contributed by atoms with Crippen LogP contribution in [0.1, 0.15) is 50.5 Å². The van der Waals surface area contributed by atoms with Crippen LogP contribution < -0.4 is 21.7 Å². The van der Waals surface area contributed by atoms with Crippen molar-refractivity contribution >= 4 is 34.6 Å². The Bertz CT molecular complexity index is 1140. The van der Waals surface area contributed by atoms with Gasteiger partial charge in [-0.25, -0.2) is 4.79 Å². The van der Waals surface area contributed by atoms with Gasteiger partial charge in [0.2, 0.25) is 17.7 Å². The second-order valence-electron chi connectivity index (χ2n) is 10.1. The molecular formula is C27H38N6O5. The van der Waals surface area contributed by atoms with Crippen LogP contribution in [-0.2, 0) is 25.6 Å². The molecule has 2 aliphatic rings. The van der Waals surface area contributed by atoms with E-state index in [0.29, 0.717) is 38.8 Å². The topological polar surface area (TPSA) is 170 Å². The molecule has 206 valence electrons. The first kappa shape index (κ1) is 27.6. The number of fused-ring (bicyclic) bond motifs is 1. The third-order valence-electron chi connectivity index (χ3n) is 7.49. The molecule has 2 fully saturated rings. The van der Waals surface area contributed by atoms with Crippen molar-refractivity contribution in [3.05, 3.63) is 36.0 Å². The van der Waals surface area contributed by atoms with E-state index in [1.807, 2.05) is 24.3 Å². The lowest BCUT2D eigenvalue weighted by atomic mass is 10.0. The minimum atomic E-state index is -1.14. The summed E-state index contributed by atoms with van der Waals surface area (Å²) in [6.07, 6.45) is 6.30. The van der Waals surface area contributed by atoms with E-state index < -0.39 is 35.9 Å². The molecule has 0 spiro atoms. The lowest BCUT2D eigenvalue weighted by Crippen LogP contribution is -2.57. The lowest BCUT2D eigenvalue weighted by molar-refractivity contribution is -0.143. The Labute approximate surface area is 221 Å². The second-order valence-corrected chi connectivity index (χ2v) is 10.1. The van der Waals surface area contributed by atoms with E-state index in [2.05, 4.69) is 20.9 Å². The van der Waals surface area contributed by atoms with E-state index in [9.17, 15) is 24.3 Å². The molecule has 0 bridgehead atoms. The van der Waals surface area contributed by atoms with Crippen molar-refractivity contribution in [2.75, 3.05) is 19.6 Å². The third kappa shape index (κ3) is 6.51. The molecular weight excluding hydrogens is 488 g/mol. The average molecular weight is 527 g/mol. The second kappa shape index (κ2) is 12.9. The normalized spacial score (nSPS) is 20.8. The van der Waals surface area contributed by atoms with Gasteiger partial charge in [0.25, 0.3) is 0 Å². The predicted octanol–water partition coefficient (Wildman–Crippen LogP) is 0.637. The van der Waals surface area contributed by atoms with Gasteiger partial charge in [0.15, 0.2) is 0 Å². The Morgan fingerprint density at radius 2 is 1.89 bits per heavy atom. The minimum Gasteiger partial charge on any atom is -0.480 e. The summed E-state index contributed by atoms with van der Waals surface area (Å²) in [6, 6.07) is 4.60.